The number of aliphatic imine (C=N–C) groups is 1. The van der Waals surface area contributed by atoms with Crippen molar-refractivity contribution in [3.05, 3.63) is 41.0 Å². The minimum atomic E-state index is 0.269. The van der Waals surface area contributed by atoms with E-state index in [1.807, 2.05) is 13.8 Å². The maximum atomic E-state index is 6.04. The topological polar surface area (TPSA) is 84.6 Å². The van der Waals surface area contributed by atoms with E-state index in [9.17, 15) is 0 Å². The van der Waals surface area contributed by atoms with Gasteiger partial charge in [0.25, 0.3) is 0 Å². The van der Waals surface area contributed by atoms with Gasteiger partial charge >= 0.3 is 0 Å². The number of aryl methyl sites for hydroxylation is 1. The average Bonchev–Trinajstić information content (AvgIpc) is 3.39. The Morgan fingerprint density at radius 2 is 2.14 bits per heavy atom. The van der Waals surface area contributed by atoms with Gasteiger partial charge in [-0.2, -0.15) is 4.98 Å². The van der Waals surface area contributed by atoms with Crippen LogP contribution in [0.5, 0.6) is 5.75 Å². The van der Waals surface area contributed by atoms with Gasteiger partial charge in [-0.3, -0.25) is 4.99 Å². The summed E-state index contributed by atoms with van der Waals surface area (Å²) in [5.41, 5.74) is 2.34. The number of hydrogen-bond donors (Lipinski definition) is 2. The Labute approximate surface area is 167 Å². The van der Waals surface area contributed by atoms with E-state index in [0.29, 0.717) is 25.4 Å². The molecule has 152 valence electrons. The zero-order valence-electron chi connectivity index (χ0n) is 17.3. The molecule has 1 fully saturated rings. The van der Waals surface area contributed by atoms with E-state index in [-0.39, 0.29) is 5.92 Å². The van der Waals surface area contributed by atoms with Gasteiger partial charge in [0.15, 0.2) is 11.8 Å². The fourth-order valence-electron chi connectivity index (χ4n) is 2.73. The normalized spacial score (nSPS) is 14.4. The fourth-order valence-corrected chi connectivity index (χ4v) is 2.73. The van der Waals surface area contributed by atoms with Gasteiger partial charge in [-0.05, 0) is 37.3 Å². The van der Waals surface area contributed by atoms with E-state index >= 15 is 0 Å². The van der Waals surface area contributed by atoms with Gasteiger partial charge in [-0.1, -0.05) is 31.1 Å². The Kier molecular flexibility index (Phi) is 6.90. The molecule has 0 saturated heterocycles. The first kappa shape index (κ1) is 20.2. The first-order valence-corrected chi connectivity index (χ1v) is 10.0. The molecule has 0 amide bonds. The molecule has 0 radical (unpaired) electrons. The lowest BCUT2D eigenvalue weighted by Crippen LogP contribution is -2.38. The molecule has 0 unspecified atom stereocenters. The molecule has 1 heterocycles. The van der Waals surface area contributed by atoms with Crippen LogP contribution in [-0.4, -0.2) is 36.3 Å². The molecule has 1 aliphatic rings. The second kappa shape index (κ2) is 9.57. The van der Waals surface area contributed by atoms with Crippen molar-refractivity contribution in [2.75, 3.05) is 20.2 Å². The zero-order chi connectivity index (χ0) is 19.9. The SMILES string of the molecule is CN=C(NCCc1nc(C(C)C)no1)NCc1ccc(C)cc1OCC1CC1. The molecule has 0 aliphatic heterocycles. The van der Waals surface area contributed by atoms with Gasteiger partial charge in [0, 0.05) is 38.0 Å². The van der Waals surface area contributed by atoms with Crippen LogP contribution in [0, 0.1) is 12.8 Å². The van der Waals surface area contributed by atoms with Crippen molar-refractivity contribution in [3.8, 4) is 5.75 Å². The van der Waals surface area contributed by atoms with Crippen LogP contribution in [0.4, 0.5) is 0 Å². The molecule has 0 spiro atoms. The van der Waals surface area contributed by atoms with E-state index in [0.717, 1.165) is 35.6 Å². The van der Waals surface area contributed by atoms with Crippen LogP contribution in [0.1, 0.15) is 55.4 Å². The monoisotopic (exact) mass is 385 g/mol. The number of rotatable bonds is 9. The summed E-state index contributed by atoms with van der Waals surface area (Å²) in [4.78, 5) is 8.68. The largest absolute Gasteiger partial charge is 0.493 e. The summed E-state index contributed by atoms with van der Waals surface area (Å²) < 4.78 is 11.3. The van der Waals surface area contributed by atoms with E-state index in [1.54, 1.807) is 7.05 Å². The van der Waals surface area contributed by atoms with Crippen LogP contribution < -0.4 is 15.4 Å². The molecule has 7 nitrogen and oxygen atoms in total. The molecular weight excluding hydrogens is 354 g/mol. The third-order valence-corrected chi connectivity index (χ3v) is 4.70. The van der Waals surface area contributed by atoms with Gasteiger partial charge in [-0.15, -0.1) is 0 Å². The lowest BCUT2D eigenvalue weighted by Gasteiger charge is -2.15. The second-order valence-electron chi connectivity index (χ2n) is 7.67. The molecule has 1 aliphatic carbocycles. The summed E-state index contributed by atoms with van der Waals surface area (Å²) in [6, 6.07) is 6.33. The number of nitrogens with zero attached hydrogens (tertiary/aromatic N) is 3. The molecule has 2 aromatic rings. The maximum Gasteiger partial charge on any atom is 0.228 e. The number of guanidine groups is 1. The smallest absolute Gasteiger partial charge is 0.228 e. The Bertz CT molecular complexity index is 796. The molecule has 1 aromatic carbocycles. The predicted octanol–water partition coefficient (Wildman–Crippen LogP) is 3.20. The highest BCUT2D eigenvalue weighted by molar-refractivity contribution is 5.79. The van der Waals surface area contributed by atoms with E-state index in [1.165, 1.54) is 18.4 Å². The molecule has 1 aromatic heterocycles. The molecule has 1 saturated carbocycles. The quantitative estimate of drug-likeness (QED) is 0.509. The number of nitrogens with one attached hydrogen (secondary N) is 2. The fraction of sp³-hybridized carbons (Fsp3) is 0.571. The Hall–Kier alpha value is -2.57. The second-order valence-corrected chi connectivity index (χ2v) is 7.67. The molecule has 3 rings (SSSR count). The van der Waals surface area contributed by atoms with E-state index in [4.69, 9.17) is 9.26 Å². The van der Waals surface area contributed by atoms with Crippen molar-refractivity contribution in [1.82, 2.24) is 20.8 Å². The summed E-state index contributed by atoms with van der Waals surface area (Å²) in [7, 11) is 1.76. The lowest BCUT2D eigenvalue weighted by molar-refractivity contribution is 0.296. The Morgan fingerprint density at radius 3 is 2.82 bits per heavy atom. The third kappa shape index (κ3) is 5.97. The maximum absolute atomic E-state index is 6.04. The van der Waals surface area contributed by atoms with Crippen molar-refractivity contribution in [3.63, 3.8) is 0 Å². The van der Waals surface area contributed by atoms with Crippen LogP contribution in [0.25, 0.3) is 0 Å². The minimum absolute atomic E-state index is 0.269. The molecular formula is C21H31N5O2. The minimum Gasteiger partial charge on any atom is -0.493 e. The Morgan fingerprint density at radius 1 is 1.32 bits per heavy atom. The Balaban J connectivity index is 1.48. The van der Waals surface area contributed by atoms with Gasteiger partial charge in [0.05, 0.1) is 6.61 Å². The van der Waals surface area contributed by atoms with Crippen molar-refractivity contribution < 1.29 is 9.26 Å². The van der Waals surface area contributed by atoms with Gasteiger partial charge in [0.2, 0.25) is 5.89 Å². The summed E-state index contributed by atoms with van der Waals surface area (Å²) in [5.74, 6) is 4.08. The van der Waals surface area contributed by atoms with Crippen LogP contribution in [0.3, 0.4) is 0 Å². The van der Waals surface area contributed by atoms with Crippen LogP contribution in [0.2, 0.25) is 0 Å². The molecule has 7 heteroatoms. The molecule has 2 N–H and O–H groups in total. The van der Waals surface area contributed by atoms with Crippen molar-refractivity contribution in [2.45, 2.75) is 52.5 Å². The highest BCUT2D eigenvalue weighted by Crippen LogP contribution is 2.30. The first-order chi connectivity index (χ1) is 13.5. The van der Waals surface area contributed by atoms with Crippen LogP contribution >= 0.6 is 0 Å². The summed E-state index contributed by atoms with van der Waals surface area (Å²) in [6.07, 6.45) is 3.23. The molecule has 0 bridgehead atoms. The number of aromatic nitrogens is 2. The van der Waals surface area contributed by atoms with Crippen molar-refractivity contribution >= 4 is 5.96 Å². The summed E-state index contributed by atoms with van der Waals surface area (Å²) in [5, 5.41) is 10.6. The summed E-state index contributed by atoms with van der Waals surface area (Å²) >= 11 is 0. The van der Waals surface area contributed by atoms with Gasteiger partial charge in [0.1, 0.15) is 5.75 Å². The van der Waals surface area contributed by atoms with Crippen molar-refractivity contribution in [1.29, 1.82) is 0 Å². The highest BCUT2D eigenvalue weighted by atomic mass is 16.5. The van der Waals surface area contributed by atoms with Crippen LogP contribution in [-0.2, 0) is 13.0 Å². The molecule has 28 heavy (non-hydrogen) atoms. The van der Waals surface area contributed by atoms with Gasteiger partial charge in [-0.25, -0.2) is 0 Å². The predicted molar refractivity (Wildman–Crippen MR) is 110 cm³/mol. The summed E-state index contributed by atoms with van der Waals surface area (Å²) in [6.45, 7) is 8.31. The van der Waals surface area contributed by atoms with Gasteiger partial charge < -0.3 is 19.9 Å². The highest BCUT2D eigenvalue weighted by Gasteiger charge is 2.22. The van der Waals surface area contributed by atoms with Crippen LogP contribution in [0.15, 0.2) is 27.7 Å². The van der Waals surface area contributed by atoms with E-state index < -0.39 is 0 Å². The third-order valence-electron chi connectivity index (χ3n) is 4.70. The molecule has 0 atom stereocenters. The van der Waals surface area contributed by atoms with E-state index in [2.05, 4.69) is 50.9 Å². The number of hydrogen-bond acceptors (Lipinski definition) is 5. The number of benzene rings is 1. The first-order valence-electron chi connectivity index (χ1n) is 10.0. The zero-order valence-corrected chi connectivity index (χ0v) is 17.3. The number of ether oxygens (including phenoxy) is 1. The average molecular weight is 386 g/mol. The lowest BCUT2D eigenvalue weighted by atomic mass is 10.1. The van der Waals surface area contributed by atoms with Crippen molar-refractivity contribution in [2.24, 2.45) is 10.9 Å². The standard InChI is InChI=1S/C21H31N5O2/c1-14(2)20-25-19(28-26-20)9-10-23-21(22-4)24-12-17-8-5-15(3)11-18(17)27-13-16-6-7-16/h5,8,11,14,16H,6-7,9-10,12-13H2,1-4H3,(H2,22,23,24).